The van der Waals surface area contributed by atoms with Crippen LogP contribution in [-0.2, 0) is 13.1 Å². The molecule has 0 fully saturated rings. The van der Waals surface area contributed by atoms with Crippen LogP contribution in [0.4, 0.5) is 8.78 Å². The summed E-state index contributed by atoms with van der Waals surface area (Å²) in [5.74, 6) is 0.129. The molecule has 4 nitrogen and oxygen atoms in total. The number of hydrogen-bond acceptors (Lipinski definition) is 4. The Morgan fingerprint density at radius 3 is 2.52 bits per heavy atom. The Hall–Kier alpha value is -3.25. The zero-order valence-corrected chi connectivity index (χ0v) is 15.8. The van der Waals surface area contributed by atoms with E-state index in [-0.39, 0.29) is 11.4 Å². The molecule has 0 bridgehead atoms. The van der Waals surface area contributed by atoms with Crippen LogP contribution in [0.2, 0.25) is 0 Å². The van der Waals surface area contributed by atoms with E-state index in [1.54, 1.807) is 12.1 Å². The van der Waals surface area contributed by atoms with Crippen LogP contribution in [0.3, 0.4) is 0 Å². The second kappa shape index (κ2) is 8.01. The van der Waals surface area contributed by atoms with Gasteiger partial charge in [-0.1, -0.05) is 42.5 Å². The molecule has 6 heteroatoms. The van der Waals surface area contributed by atoms with Gasteiger partial charge in [-0.05, 0) is 47.1 Å². The third-order valence-corrected chi connectivity index (χ3v) is 4.76. The van der Waals surface area contributed by atoms with Crippen LogP contribution in [0.5, 0.6) is 5.75 Å². The average Bonchev–Trinajstić information content (AvgIpc) is 2.68. The molecule has 148 valence electrons. The monoisotopic (exact) mass is 395 g/mol. The third kappa shape index (κ3) is 4.27. The summed E-state index contributed by atoms with van der Waals surface area (Å²) in [5.41, 5.74) is 2.01. The lowest BCUT2D eigenvalue weighted by molar-refractivity contribution is -0.0498. The van der Waals surface area contributed by atoms with Gasteiger partial charge in [0.1, 0.15) is 11.3 Å². The molecule has 0 saturated carbocycles. The number of hydrogen-bond donors (Lipinski definition) is 0. The second-order valence-corrected chi connectivity index (χ2v) is 6.95. The van der Waals surface area contributed by atoms with Crippen molar-refractivity contribution in [2.75, 3.05) is 7.05 Å². The first kappa shape index (κ1) is 19.1. The van der Waals surface area contributed by atoms with Crippen molar-refractivity contribution < 1.29 is 17.9 Å². The van der Waals surface area contributed by atoms with E-state index in [1.807, 2.05) is 43.4 Å². The van der Waals surface area contributed by atoms with Crippen molar-refractivity contribution in [3.8, 4) is 5.75 Å². The van der Waals surface area contributed by atoms with Crippen molar-refractivity contribution in [2.24, 2.45) is 0 Å². The molecule has 0 saturated heterocycles. The van der Waals surface area contributed by atoms with Gasteiger partial charge in [-0.25, -0.2) is 4.79 Å². The number of rotatable bonds is 6. The Bertz CT molecular complexity index is 1200. The van der Waals surface area contributed by atoms with E-state index in [2.05, 4.69) is 9.64 Å². The topological polar surface area (TPSA) is 42.7 Å². The Kier molecular flexibility index (Phi) is 5.27. The first-order valence-corrected chi connectivity index (χ1v) is 9.16. The SMILES string of the molecule is CN(Cc1ccc(OC(F)F)cc1)Cc1cc(=O)oc2ccc3ccccc3c12. The summed E-state index contributed by atoms with van der Waals surface area (Å²) in [7, 11) is 1.94. The zero-order valence-electron chi connectivity index (χ0n) is 15.8. The maximum absolute atomic E-state index is 12.3. The molecule has 0 aliphatic rings. The molecule has 3 aromatic carbocycles. The standard InChI is InChI=1S/C23H19F2NO3/c1-26(13-15-6-9-18(10-7-15)28-23(24)25)14-17-12-21(27)29-20-11-8-16-4-2-3-5-19(16)22(17)20/h2-12,23H,13-14H2,1H3. The highest BCUT2D eigenvalue weighted by Crippen LogP contribution is 2.28. The van der Waals surface area contributed by atoms with Crippen molar-refractivity contribution >= 4 is 21.7 Å². The molecule has 0 aliphatic heterocycles. The van der Waals surface area contributed by atoms with Gasteiger partial charge >= 0.3 is 12.2 Å². The molecule has 0 unspecified atom stereocenters. The van der Waals surface area contributed by atoms with E-state index >= 15 is 0 Å². The van der Waals surface area contributed by atoms with Crippen molar-refractivity contribution in [3.05, 3.63) is 88.3 Å². The van der Waals surface area contributed by atoms with Crippen LogP contribution < -0.4 is 10.4 Å². The highest BCUT2D eigenvalue weighted by Gasteiger charge is 2.12. The van der Waals surface area contributed by atoms with Gasteiger partial charge in [-0.2, -0.15) is 8.78 Å². The minimum absolute atomic E-state index is 0.129. The molecule has 0 aliphatic carbocycles. The summed E-state index contributed by atoms with van der Waals surface area (Å²) in [6.07, 6.45) is 0. The predicted octanol–water partition coefficient (Wildman–Crippen LogP) is 5.18. The number of benzene rings is 3. The Morgan fingerprint density at radius 2 is 1.76 bits per heavy atom. The van der Waals surface area contributed by atoms with Gasteiger partial charge in [-0.15, -0.1) is 0 Å². The van der Waals surface area contributed by atoms with Crippen LogP contribution in [0.15, 0.2) is 75.9 Å². The van der Waals surface area contributed by atoms with E-state index in [9.17, 15) is 13.6 Å². The zero-order chi connectivity index (χ0) is 20.4. The van der Waals surface area contributed by atoms with Gasteiger partial charge in [0.2, 0.25) is 0 Å². The summed E-state index contributed by atoms with van der Waals surface area (Å²) >= 11 is 0. The fourth-order valence-electron chi connectivity index (χ4n) is 3.58. The molecule has 1 heterocycles. The summed E-state index contributed by atoms with van der Waals surface area (Å²) < 4.78 is 34.3. The molecule has 4 aromatic rings. The van der Waals surface area contributed by atoms with Crippen LogP contribution in [0.25, 0.3) is 21.7 Å². The number of nitrogens with zero attached hydrogens (tertiary/aromatic N) is 1. The maximum Gasteiger partial charge on any atom is 0.387 e. The Balaban J connectivity index is 1.61. The van der Waals surface area contributed by atoms with Gasteiger partial charge in [-0.3, -0.25) is 4.90 Å². The lowest BCUT2D eigenvalue weighted by atomic mass is 10.0. The van der Waals surface area contributed by atoms with E-state index in [4.69, 9.17) is 4.42 Å². The van der Waals surface area contributed by atoms with Crippen molar-refractivity contribution in [1.82, 2.24) is 4.90 Å². The molecule has 0 atom stereocenters. The van der Waals surface area contributed by atoms with Gasteiger partial charge in [0, 0.05) is 24.5 Å². The molecule has 0 N–H and O–H groups in total. The van der Waals surface area contributed by atoms with E-state index in [0.717, 1.165) is 27.3 Å². The van der Waals surface area contributed by atoms with Crippen LogP contribution in [-0.4, -0.2) is 18.6 Å². The van der Waals surface area contributed by atoms with Crippen LogP contribution >= 0.6 is 0 Å². The highest BCUT2D eigenvalue weighted by atomic mass is 19.3. The number of halogens is 2. The third-order valence-electron chi connectivity index (χ3n) is 4.76. The number of ether oxygens (including phenoxy) is 1. The van der Waals surface area contributed by atoms with Gasteiger partial charge in [0.15, 0.2) is 0 Å². The molecule has 0 radical (unpaired) electrons. The lowest BCUT2D eigenvalue weighted by Crippen LogP contribution is -2.18. The first-order valence-electron chi connectivity index (χ1n) is 9.16. The average molecular weight is 395 g/mol. The predicted molar refractivity (Wildman–Crippen MR) is 108 cm³/mol. The van der Waals surface area contributed by atoms with Crippen LogP contribution in [0, 0.1) is 0 Å². The lowest BCUT2D eigenvalue weighted by Gasteiger charge is -2.18. The number of alkyl halides is 2. The Labute approximate surface area is 165 Å². The van der Waals surface area contributed by atoms with Gasteiger partial charge < -0.3 is 9.15 Å². The normalized spacial score (nSPS) is 11.6. The molecule has 4 rings (SSSR count). The minimum atomic E-state index is -2.84. The smallest absolute Gasteiger partial charge is 0.387 e. The van der Waals surface area contributed by atoms with Gasteiger partial charge in [0.25, 0.3) is 0 Å². The fourth-order valence-corrected chi connectivity index (χ4v) is 3.58. The quantitative estimate of drug-likeness (QED) is 0.333. The molecule has 29 heavy (non-hydrogen) atoms. The van der Waals surface area contributed by atoms with E-state index in [0.29, 0.717) is 18.7 Å². The van der Waals surface area contributed by atoms with E-state index in [1.165, 1.54) is 18.2 Å². The van der Waals surface area contributed by atoms with Crippen molar-refractivity contribution in [3.63, 3.8) is 0 Å². The van der Waals surface area contributed by atoms with Crippen LogP contribution in [0.1, 0.15) is 11.1 Å². The van der Waals surface area contributed by atoms with Crippen molar-refractivity contribution in [2.45, 2.75) is 19.7 Å². The summed E-state index contributed by atoms with van der Waals surface area (Å²) in [6, 6.07) is 19.8. The van der Waals surface area contributed by atoms with Crippen molar-refractivity contribution in [1.29, 1.82) is 0 Å². The van der Waals surface area contributed by atoms with E-state index < -0.39 is 6.61 Å². The number of fused-ring (bicyclic) bond motifs is 3. The Morgan fingerprint density at radius 1 is 1.00 bits per heavy atom. The fraction of sp³-hybridized carbons (Fsp3) is 0.174. The first-order chi connectivity index (χ1) is 14.0. The molecular formula is C23H19F2NO3. The maximum atomic E-state index is 12.3. The molecule has 1 aromatic heterocycles. The highest BCUT2D eigenvalue weighted by molar-refractivity contribution is 6.07. The summed E-state index contributed by atoms with van der Waals surface area (Å²) in [6.45, 7) is -1.72. The molecule has 0 spiro atoms. The summed E-state index contributed by atoms with van der Waals surface area (Å²) in [5, 5.41) is 3.04. The second-order valence-electron chi connectivity index (χ2n) is 6.95. The molecule has 0 amide bonds. The largest absolute Gasteiger partial charge is 0.435 e. The summed E-state index contributed by atoms with van der Waals surface area (Å²) in [4.78, 5) is 14.1. The molecular weight excluding hydrogens is 376 g/mol. The minimum Gasteiger partial charge on any atom is -0.435 e. The van der Waals surface area contributed by atoms with Gasteiger partial charge in [0.05, 0.1) is 0 Å².